The maximum Gasteiger partial charge on any atom is 0.332 e. The van der Waals surface area contributed by atoms with E-state index in [-0.39, 0.29) is 12.1 Å². The van der Waals surface area contributed by atoms with Gasteiger partial charge in [0.2, 0.25) is 5.95 Å². The standard InChI is InChI=1S/C19H20ClN5O3/c1-4-8-25-17(26)15-16(22(2)19(25)27)21-18-23(9-5-10-24(15)18)13-11-12(20)6-7-14(13)28-3/h4,6-7,11H,1,5,8-10H2,2-3H3. The number of rotatable bonds is 4. The lowest BCUT2D eigenvalue weighted by Gasteiger charge is -2.30. The summed E-state index contributed by atoms with van der Waals surface area (Å²) in [6.45, 7) is 5.10. The number of anilines is 2. The molecule has 9 heteroatoms. The van der Waals surface area contributed by atoms with Crippen LogP contribution >= 0.6 is 11.6 Å². The number of benzene rings is 1. The molecule has 3 heterocycles. The molecule has 0 atom stereocenters. The molecule has 0 amide bonds. The summed E-state index contributed by atoms with van der Waals surface area (Å²) in [6, 6.07) is 5.37. The monoisotopic (exact) mass is 401 g/mol. The van der Waals surface area contributed by atoms with E-state index in [4.69, 9.17) is 16.3 Å². The van der Waals surface area contributed by atoms with E-state index >= 15 is 0 Å². The van der Waals surface area contributed by atoms with Crippen molar-refractivity contribution >= 4 is 34.4 Å². The van der Waals surface area contributed by atoms with Gasteiger partial charge in [0, 0.05) is 31.7 Å². The topological polar surface area (TPSA) is 74.3 Å². The molecule has 0 saturated carbocycles. The SMILES string of the molecule is C=CCn1c(=O)c2c(nc3n2CCCN3c2cc(Cl)ccc2OC)n(C)c1=O. The zero-order valence-electron chi connectivity index (χ0n) is 15.7. The lowest BCUT2D eigenvalue weighted by molar-refractivity contribution is 0.414. The van der Waals surface area contributed by atoms with Crippen LogP contribution in [0.1, 0.15) is 6.42 Å². The molecule has 1 aromatic carbocycles. The van der Waals surface area contributed by atoms with Crippen LogP contribution in [0.5, 0.6) is 5.75 Å². The second-order valence-corrected chi connectivity index (χ2v) is 7.04. The summed E-state index contributed by atoms with van der Waals surface area (Å²) >= 11 is 6.21. The number of hydrogen-bond acceptors (Lipinski definition) is 5. The Kier molecular flexibility index (Phi) is 4.50. The Balaban J connectivity index is 2.02. The van der Waals surface area contributed by atoms with Crippen LogP contribution in [0, 0.1) is 0 Å². The molecular weight excluding hydrogens is 382 g/mol. The van der Waals surface area contributed by atoms with E-state index in [0.717, 1.165) is 12.1 Å². The number of halogens is 1. The highest BCUT2D eigenvalue weighted by Gasteiger charge is 2.28. The van der Waals surface area contributed by atoms with E-state index in [1.807, 2.05) is 15.5 Å². The first-order valence-corrected chi connectivity index (χ1v) is 9.27. The Morgan fingerprint density at radius 2 is 2.11 bits per heavy atom. The Morgan fingerprint density at radius 1 is 1.32 bits per heavy atom. The van der Waals surface area contributed by atoms with Gasteiger partial charge in [0.1, 0.15) is 5.75 Å². The molecule has 1 aliphatic rings. The number of methoxy groups -OCH3 is 1. The smallest absolute Gasteiger partial charge is 0.332 e. The predicted molar refractivity (Wildman–Crippen MR) is 109 cm³/mol. The lowest BCUT2D eigenvalue weighted by atomic mass is 10.2. The summed E-state index contributed by atoms with van der Waals surface area (Å²) in [7, 11) is 3.21. The maximum absolute atomic E-state index is 13.0. The second-order valence-electron chi connectivity index (χ2n) is 6.60. The molecule has 146 valence electrons. The fourth-order valence-corrected chi connectivity index (χ4v) is 3.82. The van der Waals surface area contributed by atoms with Crippen LogP contribution in [0.2, 0.25) is 5.02 Å². The summed E-state index contributed by atoms with van der Waals surface area (Å²) in [5.41, 5.74) is 0.752. The zero-order valence-corrected chi connectivity index (χ0v) is 16.4. The first-order chi connectivity index (χ1) is 13.5. The van der Waals surface area contributed by atoms with Crippen molar-refractivity contribution < 1.29 is 4.74 Å². The van der Waals surface area contributed by atoms with E-state index in [2.05, 4.69) is 11.6 Å². The molecule has 28 heavy (non-hydrogen) atoms. The van der Waals surface area contributed by atoms with E-state index in [1.54, 1.807) is 26.3 Å². The van der Waals surface area contributed by atoms with Gasteiger partial charge in [-0.25, -0.2) is 4.79 Å². The normalized spacial score (nSPS) is 13.6. The quantitative estimate of drug-likeness (QED) is 0.627. The number of nitrogens with zero attached hydrogens (tertiary/aromatic N) is 5. The molecule has 0 aliphatic carbocycles. The summed E-state index contributed by atoms with van der Waals surface area (Å²) in [5.74, 6) is 1.24. The average molecular weight is 402 g/mol. The fraction of sp³-hybridized carbons (Fsp3) is 0.316. The Hall–Kier alpha value is -3.00. The van der Waals surface area contributed by atoms with Crippen LogP contribution in [0.15, 0.2) is 40.4 Å². The lowest BCUT2D eigenvalue weighted by Crippen LogP contribution is -2.39. The fourth-order valence-electron chi connectivity index (χ4n) is 3.66. The Morgan fingerprint density at radius 3 is 2.82 bits per heavy atom. The maximum atomic E-state index is 13.0. The number of imidazole rings is 1. The van der Waals surface area contributed by atoms with E-state index in [1.165, 1.54) is 15.2 Å². The number of ether oxygens (including phenoxy) is 1. The summed E-state index contributed by atoms with van der Waals surface area (Å²) in [6.07, 6.45) is 2.34. The highest BCUT2D eigenvalue weighted by Crippen LogP contribution is 2.38. The van der Waals surface area contributed by atoms with E-state index in [9.17, 15) is 9.59 Å². The molecule has 0 unspecified atom stereocenters. The molecule has 8 nitrogen and oxygen atoms in total. The van der Waals surface area contributed by atoms with Crippen molar-refractivity contribution in [3.63, 3.8) is 0 Å². The third-order valence-electron chi connectivity index (χ3n) is 4.96. The van der Waals surface area contributed by atoms with Gasteiger partial charge in [-0.15, -0.1) is 6.58 Å². The summed E-state index contributed by atoms with van der Waals surface area (Å²) in [4.78, 5) is 32.2. The number of aromatic nitrogens is 4. The molecule has 0 fully saturated rings. The van der Waals surface area contributed by atoms with Crippen LogP contribution in [-0.4, -0.2) is 32.3 Å². The Bertz CT molecular complexity index is 1210. The van der Waals surface area contributed by atoms with Crippen molar-refractivity contribution in [1.29, 1.82) is 0 Å². The van der Waals surface area contributed by atoms with Gasteiger partial charge in [0.15, 0.2) is 11.2 Å². The summed E-state index contributed by atoms with van der Waals surface area (Å²) < 4.78 is 9.92. The molecule has 0 spiro atoms. The van der Waals surface area contributed by atoms with Crippen molar-refractivity contribution in [2.24, 2.45) is 7.05 Å². The van der Waals surface area contributed by atoms with E-state index < -0.39 is 5.69 Å². The van der Waals surface area contributed by atoms with Gasteiger partial charge >= 0.3 is 5.69 Å². The van der Waals surface area contributed by atoms with Crippen molar-refractivity contribution in [2.75, 3.05) is 18.6 Å². The van der Waals surface area contributed by atoms with Gasteiger partial charge < -0.3 is 14.2 Å². The summed E-state index contributed by atoms with van der Waals surface area (Å²) in [5, 5.41) is 0.574. The van der Waals surface area contributed by atoms with Crippen molar-refractivity contribution in [3.8, 4) is 5.75 Å². The van der Waals surface area contributed by atoms with Gasteiger partial charge in [0.05, 0.1) is 12.8 Å². The molecule has 3 aromatic rings. The molecule has 1 aliphatic heterocycles. The van der Waals surface area contributed by atoms with Gasteiger partial charge in [0.25, 0.3) is 5.56 Å². The molecule has 2 aromatic heterocycles. The highest BCUT2D eigenvalue weighted by atomic mass is 35.5. The van der Waals surface area contributed by atoms with Gasteiger partial charge in [-0.1, -0.05) is 17.7 Å². The van der Waals surface area contributed by atoms with Crippen LogP contribution < -0.4 is 20.9 Å². The number of fused-ring (bicyclic) bond motifs is 3. The van der Waals surface area contributed by atoms with Gasteiger partial charge in [-0.3, -0.25) is 13.9 Å². The van der Waals surface area contributed by atoms with Crippen molar-refractivity contribution in [1.82, 2.24) is 18.7 Å². The minimum absolute atomic E-state index is 0.147. The highest BCUT2D eigenvalue weighted by molar-refractivity contribution is 6.31. The molecule has 0 radical (unpaired) electrons. The van der Waals surface area contributed by atoms with Crippen LogP contribution in [-0.2, 0) is 20.1 Å². The van der Waals surface area contributed by atoms with Crippen molar-refractivity contribution in [2.45, 2.75) is 19.5 Å². The molecule has 0 N–H and O–H groups in total. The second kappa shape index (κ2) is 6.87. The molecule has 0 saturated heterocycles. The van der Waals surface area contributed by atoms with Crippen LogP contribution in [0.4, 0.5) is 11.6 Å². The molecule has 0 bridgehead atoms. The predicted octanol–water partition coefficient (Wildman–Crippen LogP) is 2.29. The third-order valence-corrected chi connectivity index (χ3v) is 5.20. The van der Waals surface area contributed by atoms with E-state index in [0.29, 0.717) is 41.0 Å². The first-order valence-electron chi connectivity index (χ1n) is 8.90. The largest absolute Gasteiger partial charge is 0.495 e. The minimum Gasteiger partial charge on any atom is -0.495 e. The Labute approximate surface area is 165 Å². The zero-order chi connectivity index (χ0) is 20.0. The molecular formula is C19H20ClN5O3. The van der Waals surface area contributed by atoms with Crippen LogP contribution in [0.25, 0.3) is 11.2 Å². The number of hydrogen-bond donors (Lipinski definition) is 0. The number of allylic oxidation sites excluding steroid dienone is 1. The number of aryl methyl sites for hydroxylation is 2. The van der Waals surface area contributed by atoms with Gasteiger partial charge in [-0.05, 0) is 24.6 Å². The third kappa shape index (κ3) is 2.63. The van der Waals surface area contributed by atoms with Gasteiger partial charge in [-0.2, -0.15) is 4.98 Å². The van der Waals surface area contributed by atoms with Crippen molar-refractivity contribution in [3.05, 3.63) is 56.7 Å². The average Bonchev–Trinajstić information content (AvgIpc) is 3.09. The molecule has 4 rings (SSSR count). The minimum atomic E-state index is -0.417. The first kappa shape index (κ1) is 18.4. The van der Waals surface area contributed by atoms with Crippen LogP contribution in [0.3, 0.4) is 0 Å².